The Hall–Kier alpha value is -1.84. The first kappa shape index (κ1) is 12.2. The van der Waals surface area contributed by atoms with E-state index in [1.807, 2.05) is 0 Å². The van der Waals surface area contributed by atoms with Crippen LogP contribution in [0.15, 0.2) is 24.3 Å². The fourth-order valence-corrected chi connectivity index (χ4v) is 1.17. The molecule has 0 amide bonds. The van der Waals surface area contributed by atoms with Crippen LogP contribution in [0, 0.1) is 0 Å². The summed E-state index contributed by atoms with van der Waals surface area (Å²) in [5.74, 6) is 0.0594. The molecule has 0 bridgehead atoms. The Labute approximate surface area is 94.2 Å². The van der Waals surface area contributed by atoms with Gasteiger partial charge in [0.2, 0.25) is 0 Å². The molecule has 86 valence electrons. The van der Waals surface area contributed by atoms with Crippen LogP contribution in [0.5, 0.6) is 5.75 Å². The van der Waals surface area contributed by atoms with E-state index in [1.165, 1.54) is 0 Å². The van der Waals surface area contributed by atoms with Gasteiger partial charge in [0, 0.05) is 5.56 Å². The summed E-state index contributed by atoms with van der Waals surface area (Å²) in [4.78, 5) is 21.8. The van der Waals surface area contributed by atoms with Crippen molar-refractivity contribution in [2.24, 2.45) is 0 Å². The van der Waals surface area contributed by atoms with E-state index >= 15 is 0 Å². The fraction of sp³-hybridized carbons (Fsp3) is 0.333. The number of aldehydes is 1. The number of carbonyl (C=O) groups is 2. The van der Waals surface area contributed by atoms with Crippen LogP contribution in [0.4, 0.5) is 0 Å². The average Bonchev–Trinajstić information content (AvgIpc) is 2.29. The van der Waals surface area contributed by atoms with Crippen molar-refractivity contribution >= 4 is 12.3 Å². The van der Waals surface area contributed by atoms with Crippen molar-refractivity contribution in [1.82, 2.24) is 0 Å². The van der Waals surface area contributed by atoms with Gasteiger partial charge in [0.15, 0.2) is 6.10 Å². The van der Waals surface area contributed by atoms with Crippen LogP contribution in [-0.4, -0.2) is 25.0 Å². The van der Waals surface area contributed by atoms with Crippen molar-refractivity contribution in [3.63, 3.8) is 0 Å². The second-order valence-electron chi connectivity index (χ2n) is 3.20. The van der Waals surface area contributed by atoms with E-state index in [2.05, 4.69) is 0 Å². The highest BCUT2D eigenvalue weighted by molar-refractivity contribution is 5.76. The molecular formula is C12H14O4. The first-order valence-electron chi connectivity index (χ1n) is 5.06. The molecule has 1 rings (SSSR count). The molecule has 0 fully saturated rings. The molecule has 0 radical (unpaired) electrons. The van der Waals surface area contributed by atoms with Gasteiger partial charge in [0.1, 0.15) is 12.0 Å². The highest BCUT2D eigenvalue weighted by Crippen LogP contribution is 2.14. The Bertz CT molecular complexity index is 373. The molecule has 0 spiro atoms. The van der Waals surface area contributed by atoms with Crippen molar-refractivity contribution in [2.45, 2.75) is 20.0 Å². The van der Waals surface area contributed by atoms with Gasteiger partial charge >= 0.3 is 5.97 Å². The average molecular weight is 222 g/mol. The number of carbonyl (C=O) groups excluding carboxylic acids is 2. The van der Waals surface area contributed by atoms with E-state index in [0.717, 1.165) is 6.29 Å². The summed E-state index contributed by atoms with van der Waals surface area (Å²) in [6.45, 7) is 3.66. The monoisotopic (exact) mass is 222 g/mol. The molecule has 16 heavy (non-hydrogen) atoms. The Kier molecular flexibility index (Phi) is 4.51. The van der Waals surface area contributed by atoms with Crippen molar-refractivity contribution in [3.8, 4) is 5.75 Å². The van der Waals surface area contributed by atoms with Gasteiger partial charge in [-0.15, -0.1) is 0 Å². The highest BCUT2D eigenvalue weighted by atomic mass is 16.6. The zero-order valence-corrected chi connectivity index (χ0v) is 9.30. The standard InChI is InChI=1S/C12H14O4/c1-3-15-12(14)9(2)16-11-6-4-5-10(7-11)8-13/h4-9H,3H2,1-2H3. The van der Waals surface area contributed by atoms with Crippen LogP contribution in [-0.2, 0) is 9.53 Å². The van der Waals surface area contributed by atoms with Crippen LogP contribution in [0.2, 0.25) is 0 Å². The minimum Gasteiger partial charge on any atom is -0.479 e. The zero-order chi connectivity index (χ0) is 12.0. The first-order chi connectivity index (χ1) is 7.67. The van der Waals surface area contributed by atoms with Gasteiger partial charge in [-0.05, 0) is 26.0 Å². The molecule has 0 saturated heterocycles. The number of hydrogen-bond acceptors (Lipinski definition) is 4. The predicted octanol–water partition coefficient (Wildman–Crippen LogP) is 1.83. The van der Waals surface area contributed by atoms with Gasteiger partial charge in [-0.25, -0.2) is 4.79 Å². The van der Waals surface area contributed by atoms with E-state index in [1.54, 1.807) is 38.1 Å². The molecule has 0 aliphatic heterocycles. The molecule has 1 aromatic carbocycles. The SMILES string of the molecule is CCOC(=O)C(C)Oc1cccc(C=O)c1. The van der Waals surface area contributed by atoms with Crippen molar-refractivity contribution in [2.75, 3.05) is 6.61 Å². The van der Waals surface area contributed by atoms with Crippen LogP contribution in [0.3, 0.4) is 0 Å². The first-order valence-corrected chi connectivity index (χ1v) is 5.06. The molecule has 0 saturated carbocycles. The number of hydrogen-bond donors (Lipinski definition) is 0. The maximum Gasteiger partial charge on any atom is 0.347 e. The van der Waals surface area contributed by atoms with Gasteiger partial charge in [-0.1, -0.05) is 12.1 Å². The minimum absolute atomic E-state index is 0.320. The number of benzene rings is 1. The van der Waals surface area contributed by atoms with Crippen molar-refractivity contribution in [3.05, 3.63) is 29.8 Å². The molecular weight excluding hydrogens is 208 g/mol. The summed E-state index contributed by atoms with van der Waals surface area (Å²) in [5, 5.41) is 0. The molecule has 1 aromatic rings. The third-order valence-corrected chi connectivity index (χ3v) is 1.93. The van der Waals surface area contributed by atoms with Gasteiger partial charge in [-0.3, -0.25) is 4.79 Å². The van der Waals surface area contributed by atoms with E-state index in [0.29, 0.717) is 17.9 Å². The Morgan fingerprint density at radius 3 is 2.88 bits per heavy atom. The summed E-state index contributed by atoms with van der Waals surface area (Å²) in [6.07, 6.45) is 0.0453. The summed E-state index contributed by atoms with van der Waals surface area (Å²) in [7, 11) is 0. The van der Waals surface area contributed by atoms with Gasteiger partial charge in [0.25, 0.3) is 0 Å². The van der Waals surface area contributed by atoms with Crippen molar-refractivity contribution in [1.29, 1.82) is 0 Å². The highest BCUT2D eigenvalue weighted by Gasteiger charge is 2.15. The quantitative estimate of drug-likeness (QED) is 0.563. The van der Waals surface area contributed by atoms with Crippen LogP contribution < -0.4 is 4.74 Å². The number of ether oxygens (including phenoxy) is 2. The lowest BCUT2D eigenvalue weighted by molar-refractivity contribution is -0.150. The van der Waals surface area contributed by atoms with Gasteiger partial charge < -0.3 is 9.47 Å². The predicted molar refractivity (Wildman–Crippen MR) is 58.6 cm³/mol. The van der Waals surface area contributed by atoms with Gasteiger partial charge in [0.05, 0.1) is 6.61 Å². The molecule has 0 aromatic heterocycles. The summed E-state index contributed by atoms with van der Waals surface area (Å²) < 4.78 is 10.1. The molecule has 1 unspecified atom stereocenters. The molecule has 1 atom stereocenters. The second kappa shape index (κ2) is 5.90. The smallest absolute Gasteiger partial charge is 0.347 e. The Balaban J connectivity index is 2.65. The lowest BCUT2D eigenvalue weighted by Crippen LogP contribution is -2.26. The van der Waals surface area contributed by atoms with E-state index < -0.39 is 12.1 Å². The summed E-state index contributed by atoms with van der Waals surface area (Å²) in [6, 6.07) is 6.61. The molecule has 0 aliphatic rings. The molecule has 0 heterocycles. The topological polar surface area (TPSA) is 52.6 Å². The lowest BCUT2D eigenvalue weighted by Gasteiger charge is -2.13. The third-order valence-electron chi connectivity index (χ3n) is 1.93. The lowest BCUT2D eigenvalue weighted by atomic mass is 10.2. The zero-order valence-electron chi connectivity index (χ0n) is 9.30. The second-order valence-corrected chi connectivity index (χ2v) is 3.20. The van der Waals surface area contributed by atoms with Crippen molar-refractivity contribution < 1.29 is 19.1 Å². The molecule has 4 heteroatoms. The van der Waals surface area contributed by atoms with E-state index in [4.69, 9.17) is 9.47 Å². The third kappa shape index (κ3) is 3.38. The molecule has 0 N–H and O–H groups in total. The van der Waals surface area contributed by atoms with Gasteiger partial charge in [-0.2, -0.15) is 0 Å². The normalized spacial score (nSPS) is 11.6. The van der Waals surface area contributed by atoms with Crippen LogP contribution >= 0.6 is 0 Å². The molecule has 0 aliphatic carbocycles. The van der Waals surface area contributed by atoms with E-state index in [-0.39, 0.29) is 0 Å². The number of esters is 1. The molecule has 4 nitrogen and oxygen atoms in total. The summed E-state index contributed by atoms with van der Waals surface area (Å²) >= 11 is 0. The maximum atomic E-state index is 11.3. The minimum atomic E-state index is -0.679. The van der Waals surface area contributed by atoms with E-state index in [9.17, 15) is 9.59 Å². The largest absolute Gasteiger partial charge is 0.479 e. The fourth-order valence-electron chi connectivity index (χ4n) is 1.17. The Morgan fingerprint density at radius 1 is 1.50 bits per heavy atom. The van der Waals surface area contributed by atoms with Crippen LogP contribution in [0.1, 0.15) is 24.2 Å². The summed E-state index contributed by atoms with van der Waals surface area (Å²) in [5.41, 5.74) is 0.508. The van der Waals surface area contributed by atoms with Crippen LogP contribution in [0.25, 0.3) is 0 Å². The Morgan fingerprint density at radius 2 is 2.25 bits per heavy atom. The number of rotatable bonds is 5. The maximum absolute atomic E-state index is 11.3.